The Morgan fingerprint density at radius 2 is 1.94 bits per heavy atom. The van der Waals surface area contributed by atoms with Crippen molar-refractivity contribution in [1.82, 2.24) is 19.9 Å². The number of ether oxygens (including phenoxy) is 1. The Morgan fingerprint density at radius 1 is 1.09 bits per heavy atom. The lowest BCUT2D eigenvalue weighted by Crippen LogP contribution is -2.34. The summed E-state index contributed by atoms with van der Waals surface area (Å²) in [6.07, 6.45) is 7.61. The minimum absolute atomic E-state index is 0.188. The number of nitrogens with zero attached hydrogens (tertiary/aromatic N) is 4. The number of likely N-dealkylation sites (tertiary alicyclic amines) is 1. The normalized spacial score (nSPS) is 16.9. The van der Waals surface area contributed by atoms with E-state index in [2.05, 4.69) is 27.0 Å². The van der Waals surface area contributed by atoms with Crippen molar-refractivity contribution in [2.24, 2.45) is 0 Å². The lowest BCUT2D eigenvalue weighted by molar-refractivity contribution is 0.197. The number of benzene rings is 1. The first-order valence-electron chi connectivity index (χ1n) is 11.3. The Morgan fingerprint density at radius 3 is 2.72 bits per heavy atom. The number of hydrogen-bond acceptors (Lipinski definition) is 5. The van der Waals surface area contributed by atoms with E-state index >= 15 is 0 Å². The van der Waals surface area contributed by atoms with Crippen molar-refractivity contribution in [3.05, 3.63) is 88.5 Å². The topological polar surface area (TPSA) is 51.1 Å². The van der Waals surface area contributed by atoms with Crippen LogP contribution in [0.15, 0.2) is 48.8 Å². The molecule has 5 nitrogen and oxygen atoms in total. The van der Waals surface area contributed by atoms with Gasteiger partial charge in [0, 0.05) is 61.9 Å². The van der Waals surface area contributed by atoms with Crippen LogP contribution in [-0.2, 0) is 24.1 Å². The first kappa shape index (κ1) is 22.5. The second-order valence-corrected chi connectivity index (χ2v) is 8.67. The molecule has 3 heterocycles. The highest BCUT2D eigenvalue weighted by molar-refractivity contribution is 5.30. The average Bonchev–Trinajstić information content (AvgIpc) is 2.78. The fourth-order valence-electron chi connectivity index (χ4n) is 4.45. The minimum Gasteiger partial charge on any atom is -0.384 e. The molecule has 0 radical (unpaired) electrons. The molecule has 0 spiro atoms. The molecule has 4 rings (SSSR count). The molecule has 1 aliphatic rings. The fourth-order valence-corrected chi connectivity index (χ4v) is 4.45. The highest BCUT2D eigenvalue weighted by Gasteiger charge is 2.23. The van der Waals surface area contributed by atoms with E-state index in [-0.39, 0.29) is 5.82 Å². The Balaban J connectivity index is 1.42. The van der Waals surface area contributed by atoms with Crippen molar-refractivity contribution in [3.63, 3.8) is 0 Å². The molecule has 0 bridgehead atoms. The van der Waals surface area contributed by atoms with E-state index < -0.39 is 0 Å². The van der Waals surface area contributed by atoms with Crippen LogP contribution < -0.4 is 0 Å². The molecule has 1 saturated heterocycles. The van der Waals surface area contributed by atoms with Crippen LogP contribution in [0, 0.1) is 12.7 Å². The summed E-state index contributed by atoms with van der Waals surface area (Å²) < 4.78 is 18.7. The molecule has 1 aromatic carbocycles. The highest BCUT2D eigenvalue weighted by atomic mass is 19.1. The quantitative estimate of drug-likeness (QED) is 0.523. The molecule has 1 aliphatic heterocycles. The van der Waals surface area contributed by atoms with Crippen molar-refractivity contribution in [3.8, 4) is 0 Å². The third-order valence-corrected chi connectivity index (χ3v) is 5.95. The van der Waals surface area contributed by atoms with E-state index in [9.17, 15) is 4.39 Å². The smallest absolute Gasteiger partial charge is 0.130 e. The van der Waals surface area contributed by atoms with Crippen LogP contribution in [0.1, 0.15) is 52.7 Å². The largest absolute Gasteiger partial charge is 0.384 e. The van der Waals surface area contributed by atoms with E-state index in [1.165, 1.54) is 11.6 Å². The summed E-state index contributed by atoms with van der Waals surface area (Å²) in [5, 5.41) is 0. The predicted molar refractivity (Wildman–Crippen MR) is 123 cm³/mol. The molecular weight excluding hydrogens is 403 g/mol. The summed E-state index contributed by atoms with van der Waals surface area (Å²) in [4.78, 5) is 16.3. The van der Waals surface area contributed by atoms with E-state index in [0.29, 0.717) is 12.5 Å². The van der Waals surface area contributed by atoms with Crippen LogP contribution in [0.2, 0.25) is 0 Å². The lowest BCUT2D eigenvalue weighted by atomic mass is 9.92. The number of methoxy groups -OCH3 is 1. The zero-order valence-electron chi connectivity index (χ0n) is 18.9. The summed E-state index contributed by atoms with van der Waals surface area (Å²) in [5.74, 6) is 1.03. The van der Waals surface area contributed by atoms with Gasteiger partial charge in [-0.3, -0.25) is 9.88 Å². The molecular formula is C26H31FN4O. The first-order chi connectivity index (χ1) is 15.6. The van der Waals surface area contributed by atoms with Gasteiger partial charge in [0.05, 0.1) is 6.61 Å². The van der Waals surface area contributed by atoms with Gasteiger partial charge in [-0.05, 0) is 68.1 Å². The molecule has 0 N–H and O–H groups in total. The fraction of sp³-hybridized carbons (Fsp3) is 0.423. The van der Waals surface area contributed by atoms with Gasteiger partial charge in [-0.2, -0.15) is 0 Å². The lowest BCUT2D eigenvalue weighted by Gasteiger charge is -2.32. The molecule has 0 saturated carbocycles. The third-order valence-electron chi connectivity index (χ3n) is 5.95. The molecule has 0 amide bonds. The van der Waals surface area contributed by atoms with Gasteiger partial charge < -0.3 is 4.74 Å². The Labute approximate surface area is 189 Å². The molecule has 0 unspecified atom stereocenters. The van der Waals surface area contributed by atoms with Crippen LogP contribution in [0.4, 0.5) is 4.39 Å². The Kier molecular flexibility index (Phi) is 7.55. The van der Waals surface area contributed by atoms with Gasteiger partial charge in [-0.15, -0.1) is 0 Å². The molecule has 2 aromatic heterocycles. The van der Waals surface area contributed by atoms with Crippen LogP contribution >= 0.6 is 0 Å². The zero-order valence-corrected chi connectivity index (χ0v) is 18.9. The maximum Gasteiger partial charge on any atom is 0.130 e. The molecule has 1 fully saturated rings. The SMILES string of the molecule is COCCc1ncc(CN2CCC[C@H](c3cc(Cc4cccc(F)c4)cc(C)n3)C2)cn1. The predicted octanol–water partition coefficient (Wildman–Crippen LogP) is 4.48. The number of hydrogen-bond donors (Lipinski definition) is 0. The number of aryl methyl sites for hydroxylation is 1. The van der Waals surface area contributed by atoms with Crippen LogP contribution in [0.3, 0.4) is 0 Å². The van der Waals surface area contributed by atoms with Gasteiger partial charge in [-0.25, -0.2) is 14.4 Å². The second kappa shape index (κ2) is 10.7. The van der Waals surface area contributed by atoms with Gasteiger partial charge in [0.25, 0.3) is 0 Å². The minimum atomic E-state index is -0.188. The number of halogens is 1. The van der Waals surface area contributed by atoms with E-state index in [1.54, 1.807) is 19.2 Å². The molecule has 6 heteroatoms. The summed E-state index contributed by atoms with van der Waals surface area (Å²) in [5.41, 5.74) is 5.48. The standard InChI is InChI=1S/C26H31FN4O/c1-19-11-21(12-20-5-3-7-24(27)13-20)14-25(30-19)23-6-4-9-31(18-23)17-22-15-28-26(29-16-22)8-10-32-2/h3,5,7,11,13-16,23H,4,6,8-10,12,17-18H2,1-2H3/t23-/m0/s1. The van der Waals surface area contributed by atoms with Gasteiger partial charge in [0.15, 0.2) is 0 Å². The molecule has 1 atom stereocenters. The average molecular weight is 435 g/mol. The number of pyridine rings is 1. The number of rotatable bonds is 8. The van der Waals surface area contributed by atoms with E-state index in [4.69, 9.17) is 9.72 Å². The van der Waals surface area contributed by atoms with Gasteiger partial charge in [-0.1, -0.05) is 12.1 Å². The van der Waals surface area contributed by atoms with Crippen molar-refractivity contribution in [2.45, 2.75) is 45.1 Å². The van der Waals surface area contributed by atoms with E-state index in [1.807, 2.05) is 25.4 Å². The van der Waals surface area contributed by atoms with Gasteiger partial charge in [0.1, 0.15) is 11.6 Å². The first-order valence-corrected chi connectivity index (χ1v) is 11.3. The van der Waals surface area contributed by atoms with Crippen molar-refractivity contribution < 1.29 is 9.13 Å². The summed E-state index contributed by atoms with van der Waals surface area (Å²) in [6, 6.07) is 11.2. The molecule has 32 heavy (non-hydrogen) atoms. The second-order valence-electron chi connectivity index (χ2n) is 8.67. The number of aromatic nitrogens is 3. The van der Waals surface area contributed by atoms with Crippen molar-refractivity contribution >= 4 is 0 Å². The van der Waals surface area contributed by atoms with Crippen molar-refractivity contribution in [2.75, 3.05) is 26.8 Å². The van der Waals surface area contributed by atoms with Crippen LogP contribution in [0.25, 0.3) is 0 Å². The zero-order chi connectivity index (χ0) is 22.3. The maximum atomic E-state index is 13.6. The highest BCUT2D eigenvalue weighted by Crippen LogP contribution is 2.28. The van der Waals surface area contributed by atoms with Crippen LogP contribution in [0.5, 0.6) is 0 Å². The third kappa shape index (κ3) is 6.17. The summed E-state index contributed by atoms with van der Waals surface area (Å²) >= 11 is 0. The van der Waals surface area contributed by atoms with Crippen molar-refractivity contribution in [1.29, 1.82) is 0 Å². The Bertz CT molecular complexity index is 1020. The Hall–Kier alpha value is -2.70. The summed E-state index contributed by atoms with van der Waals surface area (Å²) in [6.45, 7) is 5.58. The molecule has 3 aromatic rings. The summed E-state index contributed by atoms with van der Waals surface area (Å²) in [7, 11) is 1.69. The van der Waals surface area contributed by atoms with Crippen LogP contribution in [-0.4, -0.2) is 46.7 Å². The monoisotopic (exact) mass is 434 g/mol. The molecule has 0 aliphatic carbocycles. The van der Waals surface area contributed by atoms with E-state index in [0.717, 1.165) is 73.7 Å². The van der Waals surface area contributed by atoms with Gasteiger partial charge >= 0.3 is 0 Å². The molecule has 168 valence electrons. The van der Waals surface area contributed by atoms with Gasteiger partial charge in [0.2, 0.25) is 0 Å². The maximum absolute atomic E-state index is 13.6. The number of piperidine rings is 1.